The maximum atomic E-state index is 5.90. The van der Waals surface area contributed by atoms with E-state index in [2.05, 4.69) is 20.9 Å². The summed E-state index contributed by atoms with van der Waals surface area (Å²) in [5.74, 6) is 0.953. The SMILES string of the molecule is COCC(N)CN(C)c1ncc(Br)cc1C. The number of nitrogens with zero attached hydrogens (tertiary/aromatic N) is 2. The maximum absolute atomic E-state index is 5.90. The third-order valence-electron chi connectivity index (χ3n) is 2.27. The van der Waals surface area contributed by atoms with Crippen molar-refractivity contribution in [2.24, 2.45) is 5.73 Å². The molecule has 2 N–H and O–H groups in total. The van der Waals surface area contributed by atoms with Gasteiger partial charge in [-0.3, -0.25) is 0 Å². The van der Waals surface area contributed by atoms with Crippen LogP contribution in [0.1, 0.15) is 5.56 Å². The van der Waals surface area contributed by atoms with Gasteiger partial charge in [-0.1, -0.05) is 0 Å². The lowest BCUT2D eigenvalue weighted by Crippen LogP contribution is -2.39. The first-order valence-electron chi connectivity index (χ1n) is 5.12. The van der Waals surface area contributed by atoms with Gasteiger partial charge < -0.3 is 15.4 Å². The van der Waals surface area contributed by atoms with Gasteiger partial charge in [-0.2, -0.15) is 0 Å². The zero-order valence-electron chi connectivity index (χ0n) is 9.90. The Morgan fingerprint density at radius 3 is 2.88 bits per heavy atom. The zero-order valence-corrected chi connectivity index (χ0v) is 11.5. The highest BCUT2D eigenvalue weighted by Gasteiger charge is 2.10. The lowest BCUT2D eigenvalue weighted by atomic mass is 10.2. The van der Waals surface area contributed by atoms with Crippen LogP contribution >= 0.6 is 15.9 Å². The Labute approximate surface area is 105 Å². The molecule has 0 aliphatic heterocycles. The summed E-state index contributed by atoms with van der Waals surface area (Å²) in [6.45, 7) is 3.31. The van der Waals surface area contributed by atoms with Crippen molar-refractivity contribution in [2.45, 2.75) is 13.0 Å². The van der Waals surface area contributed by atoms with Crippen LogP contribution in [-0.2, 0) is 4.74 Å². The smallest absolute Gasteiger partial charge is 0.131 e. The number of likely N-dealkylation sites (N-methyl/N-ethyl adjacent to an activating group) is 1. The minimum Gasteiger partial charge on any atom is -0.383 e. The van der Waals surface area contributed by atoms with Crippen molar-refractivity contribution in [3.05, 3.63) is 22.3 Å². The molecule has 1 unspecified atom stereocenters. The van der Waals surface area contributed by atoms with Crippen molar-refractivity contribution in [1.29, 1.82) is 0 Å². The van der Waals surface area contributed by atoms with Gasteiger partial charge in [0, 0.05) is 37.4 Å². The number of hydrogen-bond acceptors (Lipinski definition) is 4. The lowest BCUT2D eigenvalue weighted by molar-refractivity contribution is 0.181. The molecule has 90 valence electrons. The van der Waals surface area contributed by atoms with Crippen molar-refractivity contribution < 1.29 is 4.74 Å². The summed E-state index contributed by atoms with van der Waals surface area (Å²) in [5.41, 5.74) is 7.03. The third kappa shape index (κ3) is 3.73. The van der Waals surface area contributed by atoms with E-state index < -0.39 is 0 Å². The first-order chi connectivity index (χ1) is 7.54. The van der Waals surface area contributed by atoms with Crippen LogP contribution in [0, 0.1) is 6.92 Å². The van der Waals surface area contributed by atoms with Crippen molar-refractivity contribution >= 4 is 21.7 Å². The molecule has 1 aromatic heterocycles. The molecule has 5 heteroatoms. The van der Waals surface area contributed by atoms with Gasteiger partial charge in [0.1, 0.15) is 5.82 Å². The molecule has 0 saturated heterocycles. The number of aryl methyl sites for hydroxylation is 1. The van der Waals surface area contributed by atoms with Gasteiger partial charge in [-0.05, 0) is 34.5 Å². The van der Waals surface area contributed by atoms with Gasteiger partial charge in [-0.15, -0.1) is 0 Å². The number of anilines is 1. The molecule has 1 heterocycles. The number of hydrogen-bond donors (Lipinski definition) is 1. The monoisotopic (exact) mass is 287 g/mol. The van der Waals surface area contributed by atoms with Gasteiger partial charge in [-0.25, -0.2) is 4.98 Å². The Morgan fingerprint density at radius 2 is 2.31 bits per heavy atom. The van der Waals surface area contributed by atoms with Gasteiger partial charge in [0.25, 0.3) is 0 Å². The van der Waals surface area contributed by atoms with E-state index in [1.165, 1.54) is 0 Å². The number of methoxy groups -OCH3 is 1. The van der Waals surface area contributed by atoms with E-state index in [-0.39, 0.29) is 6.04 Å². The van der Waals surface area contributed by atoms with Crippen LogP contribution < -0.4 is 10.6 Å². The first kappa shape index (κ1) is 13.4. The van der Waals surface area contributed by atoms with Crippen LogP contribution in [0.2, 0.25) is 0 Å². The fourth-order valence-electron chi connectivity index (χ4n) is 1.64. The van der Waals surface area contributed by atoms with Crippen LogP contribution in [0.5, 0.6) is 0 Å². The molecule has 0 spiro atoms. The van der Waals surface area contributed by atoms with Gasteiger partial charge in [0.05, 0.1) is 6.61 Å². The molecule has 1 rings (SSSR count). The number of nitrogens with two attached hydrogens (primary N) is 1. The summed E-state index contributed by atoms with van der Waals surface area (Å²) in [6, 6.07) is 2.04. The minimum absolute atomic E-state index is 0.000142. The van der Waals surface area contributed by atoms with Crippen LogP contribution in [0.3, 0.4) is 0 Å². The molecular formula is C11H18BrN3O. The van der Waals surface area contributed by atoms with Gasteiger partial charge in [0.2, 0.25) is 0 Å². The van der Waals surface area contributed by atoms with E-state index in [0.29, 0.717) is 6.61 Å². The molecule has 1 aromatic rings. The predicted octanol–water partition coefficient (Wildman–Crippen LogP) is 1.56. The van der Waals surface area contributed by atoms with E-state index in [0.717, 1.165) is 22.4 Å². The minimum atomic E-state index is -0.000142. The predicted molar refractivity (Wildman–Crippen MR) is 69.8 cm³/mol. The van der Waals surface area contributed by atoms with Gasteiger partial charge >= 0.3 is 0 Å². The number of rotatable bonds is 5. The van der Waals surface area contributed by atoms with E-state index in [1.54, 1.807) is 13.3 Å². The number of pyridine rings is 1. The topological polar surface area (TPSA) is 51.4 Å². The van der Waals surface area contributed by atoms with Crippen molar-refractivity contribution in [1.82, 2.24) is 4.98 Å². The molecule has 16 heavy (non-hydrogen) atoms. The van der Waals surface area contributed by atoms with Crippen LogP contribution in [0.25, 0.3) is 0 Å². The van der Waals surface area contributed by atoms with E-state index in [9.17, 15) is 0 Å². The zero-order chi connectivity index (χ0) is 12.1. The summed E-state index contributed by atoms with van der Waals surface area (Å²) in [7, 11) is 3.64. The quantitative estimate of drug-likeness (QED) is 0.893. The Kier molecular flexibility index (Phi) is 5.18. The first-order valence-corrected chi connectivity index (χ1v) is 5.91. The molecule has 0 radical (unpaired) electrons. The van der Waals surface area contributed by atoms with Gasteiger partial charge in [0.15, 0.2) is 0 Å². The lowest BCUT2D eigenvalue weighted by Gasteiger charge is -2.23. The van der Waals surface area contributed by atoms with Crippen LogP contribution in [0.15, 0.2) is 16.7 Å². The molecule has 1 atom stereocenters. The Balaban J connectivity index is 2.69. The van der Waals surface area contributed by atoms with Crippen LogP contribution in [0.4, 0.5) is 5.82 Å². The summed E-state index contributed by atoms with van der Waals surface area (Å²) in [4.78, 5) is 6.42. The highest BCUT2D eigenvalue weighted by Crippen LogP contribution is 2.19. The fourth-order valence-corrected chi connectivity index (χ4v) is 2.08. The Hall–Kier alpha value is -0.650. The standard InChI is InChI=1S/C11H18BrN3O/c1-8-4-9(12)5-14-11(8)15(2)6-10(13)7-16-3/h4-5,10H,6-7,13H2,1-3H3. The molecule has 0 amide bonds. The van der Waals surface area contributed by atoms with Crippen molar-refractivity contribution in [2.75, 3.05) is 32.2 Å². The highest BCUT2D eigenvalue weighted by atomic mass is 79.9. The molecule has 0 aliphatic rings. The highest BCUT2D eigenvalue weighted by molar-refractivity contribution is 9.10. The average molecular weight is 288 g/mol. The second kappa shape index (κ2) is 6.18. The summed E-state index contributed by atoms with van der Waals surface area (Å²) >= 11 is 3.40. The molecule has 0 aliphatic carbocycles. The summed E-state index contributed by atoms with van der Waals surface area (Å²) in [5, 5.41) is 0. The summed E-state index contributed by atoms with van der Waals surface area (Å²) in [6.07, 6.45) is 1.79. The second-order valence-corrected chi connectivity index (χ2v) is 4.81. The third-order valence-corrected chi connectivity index (χ3v) is 2.70. The molecule has 0 fully saturated rings. The Bertz CT molecular complexity index is 346. The van der Waals surface area contributed by atoms with E-state index >= 15 is 0 Å². The van der Waals surface area contributed by atoms with Crippen LogP contribution in [-0.4, -0.2) is 38.3 Å². The Morgan fingerprint density at radius 1 is 1.62 bits per heavy atom. The second-order valence-electron chi connectivity index (χ2n) is 3.89. The molecule has 0 bridgehead atoms. The summed E-state index contributed by atoms with van der Waals surface area (Å²) < 4.78 is 6.00. The fraction of sp³-hybridized carbons (Fsp3) is 0.545. The number of ether oxygens (including phenoxy) is 1. The number of aromatic nitrogens is 1. The maximum Gasteiger partial charge on any atom is 0.131 e. The van der Waals surface area contributed by atoms with E-state index in [4.69, 9.17) is 10.5 Å². The molecule has 0 saturated carbocycles. The average Bonchev–Trinajstić information content (AvgIpc) is 2.17. The normalized spacial score (nSPS) is 12.6. The largest absolute Gasteiger partial charge is 0.383 e. The molecule has 4 nitrogen and oxygen atoms in total. The molecule has 0 aromatic carbocycles. The van der Waals surface area contributed by atoms with Crippen molar-refractivity contribution in [3.63, 3.8) is 0 Å². The van der Waals surface area contributed by atoms with E-state index in [1.807, 2.05) is 24.9 Å². The molecular weight excluding hydrogens is 270 g/mol. The number of halogens is 1. The van der Waals surface area contributed by atoms with Crippen molar-refractivity contribution in [3.8, 4) is 0 Å².